The Labute approximate surface area is 160 Å². The summed E-state index contributed by atoms with van der Waals surface area (Å²) in [6.07, 6.45) is 0. The molecule has 0 unspecified atom stereocenters. The van der Waals surface area contributed by atoms with Crippen molar-refractivity contribution in [2.24, 2.45) is 0 Å². The van der Waals surface area contributed by atoms with Crippen molar-refractivity contribution in [3.8, 4) is 11.5 Å². The monoisotopic (exact) mass is 364 g/mol. The van der Waals surface area contributed by atoms with Crippen molar-refractivity contribution < 1.29 is 14.5 Å². The van der Waals surface area contributed by atoms with Crippen molar-refractivity contribution in [1.29, 1.82) is 0 Å². The molecule has 0 radical (unpaired) electrons. The predicted octanol–water partition coefficient (Wildman–Crippen LogP) is 3.31. The van der Waals surface area contributed by atoms with Crippen molar-refractivity contribution in [2.75, 3.05) is 50.2 Å². The van der Waals surface area contributed by atoms with Crippen molar-refractivity contribution in [2.45, 2.75) is 6.92 Å². The molecule has 5 heteroatoms. The lowest BCUT2D eigenvalue weighted by atomic mass is 10.1. The number of anilines is 2. The van der Waals surface area contributed by atoms with E-state index in [2.05, 4.69) is 46.0 Å². The highest BCUT2D eigenvalue weighted by Crippen LogP contribution is 2.27. The van der Waals surface area contributed by atoms with Crippen LogP contribution in [0.4, 0.5) is 11.5 Å². The first-order valence-electron chi connectivity index (χ1n) is 9.33. The van der Waals surface area contributed by atoms with Crippen molar-refractivity contribution in [3.63, 3.8) is 0 Å². The number of para-hydroxylation sites is 1. The van der Waals surface area contributed by atoms with Crippen LogP contribution in [0.2, 0.25) is 0 Å². The first-order chi connectivity index (χ1) is 13.2. The maximum absolute atomic E-state index is 5.55. The molecule has 0 saturated carbocycles. The zero-order chi connectivity index (χ0) is 18.8. The van der Waals surface area contributed by atoms with Gasteiger partial charge in [-0.05, 0) is 42.8 Å². The van der Waals surface area contributed by atoms with Gasteiger partial charge in [0.25, 0.3) is 5.82 Å². The summed E-state index contributed by atoms with van der Waals surface area (Å²) in [5.74, 6) is 2.93. The number of rotatable bonds is 4. The number of methoxy groups -OCH3 is 2. The van der Waals surface area contributed by atoms with E-state index in [1.54, 1.807) is 14.2 Å². The average Bonchev–Trinajstić information content (AvgIpc) is 2.73. The molecule has 140 valence electrons. The number of fused-ring (bicyclic) bond motifs is 1. The van der Waals surface area contributed by atoms with Gasteiger partial charge in [0.2, 0.25) is 0 Å². The quantitative estimate of drug-likeness (QED) is 0.712. The first-order valence-corrected chi connectivity index (χ1v) is 9.33. The van der Waals surface area contributed by atoms with Gasteiger partial charge in [-0.1, -0.05) is 12.1 Å². The molecular weight excluding hydrogens is 338 g/mol. The van der Waals surface area contributed by atoms with E-state index in [0.29, 0.717) is 0 Å². The molecule has 2 aromatic carbocycles. The molecule has 3 aromatic rings. The van der Waals surface area contributed by atoms with Gasteiger partial charge in [0, 0.05) is 17.1 Å². The third-order valence-electron chi connectivity index (χ3n) is 5.34. The van der Waals surface area contributed by atoms with Crippen molar-refractivity contribution in [1.82, 2.24) is 0 Å². The highest BCUT2D eigenvalue weighted by Gasteiger charge is 2.25. The Morgan fingerprint density at radius 2 is 1.56 bits per heavy atom. The molecule has 1 aromatic heterocycles. The Balaban J connectivity index is 1.54. The van der Waals surface area contributed by atoms with Crippen LogP contribution in [0, 0.1) is 6.92 Å². The van der Waals surface area contributed by atoms with Gasteiger partial charge in [0.05, 0.1) is 27.3 Å². The first kappa shape index (κ1) is 17.5. The predicted molar refractivity (Wildman–Crippen MR) is 109 cm³/mol. The highest BCUT2D eigenvalue weighted by atomic mass is 16.5. The van der Waals surface area contributed by atoms with E-state index in [9.17, 15) is 0 Å². The second-order valence-electron chi connectivity index (χ2n) is 6.89. The Morgan fingerprint density at radius 1 is 0.852 bits per heavy atom. The summed E-state index contributed by atoms with van der Waals surface area (Å²) in [7, 11) is 3.42. The molecule has 0 atom stereocenters. The Kier molecular flexibility index (Phi) is 4.75. The molecule has 0 spiro atoms. The largest absolute Gasteiger partial charge is 0.497 e. The topological polar surface area (TPSA) is 39.1 Å². The van der Waals surface area contributed by atoms with E-state index in [0.717, 1.165) is 49.0 Å². The standard InChI is InChI=1S/C22H25N3O2/c1-16-15-21(23-22-19(16)5-4-6-20(22)27-3)25-13-11-24(12-14-25)17-7-9-18(26-2)10-8-17/h4-10,15H,11-14H2,1-3H3/p+1. The molecule has 1 saturated heterocycles. The van der Waals surface area contributed by atoms with Crippen LogP contribution in [-0.4, -0.2) is 40.4 Å². The normalized spacial score (nSPS) is 14.5. The molecule has 27 heavy (non-hydrogen) atoms. The fourth-order valence-corrected chi connectivity index (χ4v) is 3.77. The molecular formula is C22H26N3O2+. The van der Waals surface area contributed by atoms with E-state index in [1.165, 1.54) is 16.6 Å². The molecule has 0 aliphatic carbocycles. The van der Waals surface area contributed by atoms with Gasteiger partial charge in [0.15, 0.2) is 11.3 Å². The third kappa shape index (κ3) is 3.37. The van der Waals surface area contributed by atoms with E-state index < -0.39 is 0 Å². The van der Waals surface area contributed by atoms with E-state index >= 15 is 0 Å². The fraction of sp³-hybridized carbons (Fsp3) is 0.318. The van der Waals surface area contributed by atoms with E-state index in [1.807, 2.05) is 24.3 Å². The van der Waals surface area contributed by atoms with E-state index in [-0.39, 0.29) is 0 Å². The highest BCUT2D eigenvalue weighted by molar-refractivity contribution is 5.85. The number of hydrogen-bond donors (Lipinski definition) is 0. The average molecular weight is 364 g/mol. The van der Waals surface area contributed by atoms with Crippen LogP contribution in [0.1, 0.15) is 5.56 Å². The van der Waals surface area contributed by atoms with Gasteiger partial charge in [-0.25, -0.2) is 4.98 Å². The summed E-state index contributed by atoms with van der Waals surface area (Å²) >= 11 is 0. The zero-order valence-corrected chi connectivity index (χ0v) is 16.2. The van der Waals surface area contributed by atoms with Gasteiger partial charge in [-0.15, -0.1) is 0 Å². The summed E-state index contributed by atoms with van der Waals surface area (Å²) in [5.41, 5.74) is 3.57. The van der Waals surface area contributed by atoms with Crippen LogP contribution in [0.3, 0.4) is 0 Å². The Hall–Kier alpha value is -2.95. The lowest BCUT2D eigenvalue weighted by molar-refractivity contribution is -0.331. The molecule has 1 aliphatic heterocycles. The maximum atomic E-state index is 5.55. The summed E-state index contributed by atoms with van der Waals surface area (Å²) in [5, 5.41) is 1.20. The number of nitrogens with zero attached hydrogens (tertiary/aromatic N) is 2. The molecule has 1 aliphatic rings. The number of H-pyrrole nitrogens is 1. The molecule has 0 amide bonds. The summed E-state index contributed by atoms with van der Waals surface area (Å²) in [4.78, 5) is 8.43. The number of ether oxygens (including phenoxy) is 2. The number of aromatic nitrogens is 1. The number of benzene rings is 2. The second-order valence-corrected chi connectivity index (χ2v) is 6.89. The maximum Gasteiger partial charge on any atom is 0.275 e. The lowest BCUT2D eigenvalue weighted by Crippen LogP contribution is -2.48. The van der Waals surface area contributed by atoms with Crippen LogP contribution in [0.25, 0.3) is 10.9 Å². The number of pyridine rings is 1. The smallest absolute Gasteiger partial charge is 0.275 e. The van der Waals surface area contributed by atoms with Crippen LogP contribution < -0.4 is 24.3 Å². The number of nitrogens with one attached hydrogen (secondary N) is 1. The minimum Gasteiger partial charge on any atom is -0.497 e. The lowest BCUT2D eigenvalue weighted by Gasteiger charge is -2.32. The number of aromatic amines is 1. The van der Waals surface area contributed by atoms with Crippen molar-refractivity contribution in [3.05, 3.63) is 54.1 Å². The number of hydrogen-bond acceptors (Lipinski definition) is 4. The summed E-state index contributed by atoms with van der Waals surface area (Å²) in [6.45, 7) is 6.09. The summed E-state index contributed by atoms with van der Waals surface area (Å²) < 4.78 is 10.8. The van der Waals surface area contributed by atoms with Crippen LogP contribution in [-0.2, 0) is 0 Å². The van der Waals surface area contributed by atoms with Crippen LogP contribution in [0.15, 0.2) is 48.5 Å². The molecule has 2 heterocycles. The fourth-order valence-electron chi connectivity index (χ4n) is 3.77. The van der Waals surface area contributed by atoms with Gasteiger partial charge < -0.3 is 14.4 Å². The molecule has 1 N–H and O–H groups in total. The molecule has 4 rings (SSSR count). The van der Waals surface area contributed by atoms with Crippen LogP contribution >= 0.6 is 0 Å². The number of piperazine rings is 1. The van der Waals surface area contributed by atoms with Crippen molar-refractivity contribution >= 4 is 22.4 Å². The SMILES string of the molecule is COc1ccc(N2CCN(c3cc(C)c4cccc(OC)c4[nH+]3)CC2)cc1. The molecule has 5 nitrogen and oxygen atoms in total. The van der Waals surface area contributed by atoms with Gasteiger partial charge in [-0.2, -0.15) is 0 Å². The Bertz CT molecular complexity index is 932. The Morgan fingerprint density at radius 3 is 2.22 bits per heavy atom. The van der Waals surface area contributed by atoms with E-state index in [4.69, 9.17) is 9.47 Å². The van der Waals surface area contributed by atoms with Gasteiger partial charge in [0.1, 0.15) is 18.8 Å². The minimum absolute atomic E-state index is 0.884. The number of aryl methyl sites for hydroxylation is 1. The third-order valence-corrected chi connectivity index (χ3v) is 5.34. The molecule has 1 fully saturated rings. The van der Waals surface area contributed by atoms with Crippen LogP contribution in [0.5, 0.6) is 11.5 Å². The summed E-state index contributed by atoms with van der Waals surface area (Å²) in [6, 6.07) is 16.7. The molecule has 0 bridgehead atoms. The second kappa shape index (κ2) is 7.35. The minimum atomic E-state index is 0.884. The van der Waals surface area contributed by atoms with Gasteiger partial charge in [-0.3, -0.25) is 4.90 Å². The van der Waals surface area contributed by atoms with Gasteiger partial charge >= 0.3 is 0 Å². The zero-order valence-electron chi connectivity index (χ0n) is 16.2.